The summed E-state index contributed by atoms with van der Waals surface area (Å²) < 4.78 is 1.60. The van der Waals surface area contributed by atoms with Gasteiger partial charge >= 0.3 is 0 Å². The number of benzene rings is 1. The summed E-state index contributed by atoms with van der Waals surface area (Å²) in [5.41, 5.74) is 2.22. The van der Waals surface area contributed by atoms with Gasteiger partial charge in [-0.15, -0.1) is 5.10 Å². The Hall–Kier alpha value is -2.98. The molecule has 3 aromatic rings. The second-order valence-corrected chi connectivity index (χ2v) is 7.11. The topological polar surface area (TPSA) is 83.6 Å². The molecule has 0 unspecified atom stereocenters. The van der Waals surface area contributed by atoms with Crippen LogP contribution in [0.25, 0.3) is 0 Å². The van der Waals surface area contributed by atoms with Crippen LogP contribution in [0.3, 0.4) is 0 Å². The summed E-state index contributed by atoms with van der Waals surface area (Å²) in [4.78, 5) is 11.7. The molecule has 0 bridgehead atoms. The van der Waals surface area contributed by atoms with E-state index in [0.29, 0.717) is 17.8 Å². The van der Waals surface area contributed by atoms with Crippen LogP contribution in [0.4, 0.5) is 0 Å². The largest absolute Gasteiger partial charge is 0.346 e. The van der Waals surface area contributed by atoms with Gasteiger partial charge in [0.15, 0.2) is 5.54 Å². The summed E-state index contributed by atoms with van der Waals surface area (Å²) in [5.74, 6) is -0.128. The lowest BCUT2D eigenvalue weighted by Gasteiger charge is -2.03. The molecule has 7 heteroatoms. The molecular formula is C20H21N5OS. The maximum Gasteiger partial charge on any atom is 0.252 e. The van der Waals surface area contributed by atoms with Crippen LogP contribution in [0.2, 0.25) is 0 Å². The van der Waals surface area contributed by atoms with Crippen LogP contribution in [-0.2, 0) is 18.5 Å². The Bertz CT molecular complexity index is 908. The first kappa shape index (κ1) is 18.8. The number of carbonyl (C=O) groups is 1. The molecule has 1 aromatic carbocycles. The standard InChI is InChI=1S/C12H11N5OS.C8H10/c13-8-12(2-3-12)17-6-10(15-16-17)5-14-11(18)9-1-4-19-7-9;1-2-8-6-4-3-5-7-8/h1,4,6-7H,2-3,5H2,(H,14,18);3-7H,2H2,1H3. The Morgan fingerprint density at radius 2 is 2.11 bits per heavy atom. The first-order valence-electron chi connectivity index (χ1n) is 8.84. The van der Waals surface area contributed by atoms with Crippen molar-refractivity contribution in [3.05, 3.63) is 70.2 Å². The van der Waals surface area contributed by atoms with Crippen molar-refractivity contribution in [2.24, 2.45) is 0 Å². The molecular weight excluding hydrogens is 358 g/mol. The van der Waals surface area contributed by atoms with Crippen molar-refractivity contribution >= 4 is 17.2 Å². The van der Waals surface area contributed by atoms with E-state index in [0.717, 1.165) is 19.3 Å². The van der Waals surface area contributed by atoms with E-state index < -0.39 is 5.54 Å². The highest BCUT2D eigenvalue weighted by Gasteiger charge is 2.46. The third-order valence-electron chi connectivity index (χ3n) is 4.38. The van der Waals surface area contributed by atoms with Crippen LogP contribution in [0, 0.1) is 11.3 Å². The van der Waals surface area contributed by atoms with Crippen molar-refractivity contribution in [1.82, 2.24) is 20.3 Å². The monoisotopic (exact) mass is 379 g/mol. The predicted octanol–water partition coefficient (Wildman–Crippen LogP) is 3.53. The number of nitriles is 1. The summed E-state index contributed by atoms with van der Waals surface area (Å²) in [7, 11) is 0. The molecule has 2 aromatic heterocycles. The van der Waals surface area contributed by atoms with E-state index in [-0.39, 0.29) is 5.91 Å². The van der Waals surface area contributed by atoms with Crippen molar-refractivity contribution in [2.75, 3.05) is 0 Å². The number of nitrogens with zero attached hydrogens (tertiary/aromatic N) is 4. The summed E-state index contributed by atoms with van der Waals surface area (Å²) in [5, 5.41) is 23.4. The van der Waals surface area contributed by atoms with Crippen LogP contribution in [0.15, 0.2) is 53.4 Å². The number of amides is 1. The number of nitrogens with one attached hydrogen (secondary N) is 1. The van der Waals surface area contributed by atoms with Crippen LogP contribution >= 0.6 is 11.3 Å². The molecule has 1 aliphatic rings. The molecule has 0 saturated heterocycles. The van der Waals surface area contributed by atoms with Gasteiger partial charge in [0.25, 0.3) is 5.91 Å². The van der Waals surface area contributed by atoms with Gasteiger partial charge in [-0.05, 0) is 36.3 Å². The van der Waals surface area contributed by atoms with Gasteiger partial charge in [-0.3, -0.25) is 4.79 Å². The molecule has 4 rings (SSSR count). The Balaban J connectivity index is 0.000000221. The van der Waals surface area contributed by atoms with E-state index in [1.54, 1.807) is 22.3 Å². The van der Waals surface area contributed by atoms with Gasteiger partial charge in [0.2, 0.25) is 0 Å². The molecule has 0 spiro atoms. The molecule has 1 amide bonds. The molecule has 0 aliphatic heterocycles. The molecule has 138 valence electrons. The fourth-order valence-corrected chi connectivity index (χ4v) is 3.12. The Labute approximate surface area is 162 Å². The van der Waals surface area contributed by atoms with Crippen LogP contribution < -0.4 is 5.32 Å². The Morgan fingerprint density at radius 3 is 2.67 bits per heavy atom. The van der Waals surface area contributed by atoms with Gasteiger partial charge in [0.1, 0.15) is 5.69 Å². The van der Waals surface area contributed by atoms with Gasteiger partial charge in [-0.1, -0.05) is 42.5 Å². The van der Waals surface area contributed by atoms with Crippen molar-refractivity contribution in [1.29, 1.82) is 5.26 Å². The lowest BCUT2D eigenvalue weighted by atomic mass is 10.2. The molecule has 2 heterocycles. The number of hydrogen-bond acceptors (Lipinski definition) is 5. The third-order valence-corrected chi connectivity index (χ3v) is 5.06. The van der Waals surface area contributed by atoms with E-state index in [1.807, 2.05) is 11.4 Å². The minimum absolute atomic E-state index is 0.128. The molecule has 0 atom stereocenters. The normalized spacial score (nSPS) is 13.8. The average molecular weight is 379 g/mol. The second kappa shape index (κ2) is 8.60. The molecule has 27 heavy (non-hydrogen) atoms. The van der Waals surface area contributed by atoms with Gasteiger partial charge in [-0.2, -0.15) is 16.6 Å². The molecule has 1 aliphatic carbocycles. The maximum absolute atomic E-state index is 11.7. The maximum atomic E-state index is 11.7. The van der Waals surface area contributed by atoms with E-state index in [1.165, 1.54) is 16.9 Å². The van der Waals surface area contributed by atoms with Gasteiger partial charge in [0.05, 0.1) is 18.8 Å². The van der Waals surface area contributed by atoms with Gasteiger partial charge in [-0.25, -0.2) is 4.68 Å². The number of aryl methyl sites for hydroxylation is 1. The van der Waals surface area contributed by atoms with Crippen molar-refractivity contribution < 1.29 is 4.79 Å². The zero-order valence-corrected chi connectivity index (χ0v) is 15.9. The van der Waals surface area contributed by atoms with Gasteiger partial charge in [0, 0.05) is 10.9 Å². The molecule has 1 saturated carbocycles. The van der Waals surface area contributed by atoms with E-state index >= 15 is 0 Å². The fraction of sp³-hybridized carbons (Fsp3) is 0.300. The highest BCUT2D eigenvalue weighted by atomic mass is 32.1. The number of aromatic nitrogens is 3. The minimum Gasteiger partial charge on any atom is -0.346 e. The summed E-state index contributed by atoms with van der Waals surface area (Å²) in [6.45, 7) is 2.48. The van der Waals surface area contributed by atoms with E-state index in [9.17, 15) is 4.79 Å². The van der Waals surface area contributed by atoms with Crippen molar-refractivity contribution in [3.63, 3.8) is 0 Å². The first-order valence-corrected chi connectivity index (χ1v) is 9.78. The molecule has 1 fully saturated rings. The van der Waals surface area contributed by atoms with Gasteiger partial charge < -0.3 is 5.32 Å². The number of thiophene rings is 1. The molecule has 6 nitrogen and oxygen atoms in total. The number of hydrogen-bond donors (Lipinski definition) is 1. The lowest BCUT2D eigenvalue weighted by molar-refractivity contribution is 0.0951. The zero-order valence-electron chi connectivity index (χ0n) is 15.1. The van der Waals surface area contributed by atoms with Crippen molar-refractivity contribution in [2.45, 2.75) is 38.3 Å². The quantitative estimate of drug-likeness (QED) is 0.735. The van der Waals surface area contributed by atoms with Crippen LogP contribution in [0.1, 0.15) is 41.4 Å². The average Bonchev–Trinajstić information content (AvgIpc) is 3.12. The third kappa shape index (κ3) is 4.80. The Morgan fingerprint density at radius 1 is 1.33 bits per heavy atom. The van der Waals surface area contributed by atoms with Crippen LogP contribution in [-0.4, -0.2) is 20.9 Å². The SMILES string of the molecule is CCc1ccccc1.N#CC1(n2cc(CNC(=O)c3ccsc3)nn2)CC1. The van der Waals surface area contributed by atoms with E-state index in [4.69, 9.17) is 5.26 Å². The highest BCUT2D eigenvalue weighted by molar-refractivity contribution is 7.08. The summed E-state index contributed by atoms with van der Waals surface area (Å²) in [6, 6.07) is 14.5. The van der Waals surface area contributed by atoms with E-state index in [2.05, 4.69) is 52.9 Å². The minimum atomic E-state index is -0.497. The highest BCUT2D eigenvalue weighted by Crippen LogP contribution is 2.41. The first-order chi connectivity index (χ1) is 13.2. The number of carbonyl (C=O) groups excluding carboxylic acids is 1. The smallest absolute Gasteiger partial charge is 0.252 e. The predicted molar refractivity (Wildman–Crippen MR) is 104 cm³/mol. The van der Waals surface area contributed by atoms with Crippen LogP contribution in [0.5, 0.6) is 0 Å². The Kier molecular flexibility index (Phi) is 5.99. The lowest BCUT2D eigenvalue weighted by Crippen LogP contribution is -2.22. The molecule has 1 N–H and O–H groups in total. The fourth-order valence-electron chi connectivity index (χ4n) is 2.48. The number of rotatable bonds is 5. The zero-order chi connectivity index (χ0) is 19.1. The summed E-state index contributed by atoms with van der Waals surface area (Å²) >= 11 is 1.48. The summed E-state index contributed by atoms with van der Waals surface area (Å²) in [6.07, 6.45) is 4.49. The molecule has 0 radical (unpaired) electrons. The second-order valence-electron chi connectivity index (χ2n) is 6.33. The van der Waals surface area contributed by atoms with Crippen molar-refractivity contribution in [3.8, 4) is 6.07 Å².